The molecule has 0 saturated heterocycles. The minimum atomic E-state index is 0.580. The highest BCUT2D eigenvalue weighted by molar-refractivity contribution is 5.80. The second-order valence-corrected chi connectivity index (χ2v) is 6.46. The topological polar surface area (TPSA) is 27.7 Å². The molecule has 0 radical (unpaired) electrons. The lowest BCUT2D eigenvalue weighted by atomic mass is 9.84. The van der Waals surface area contributed by atoms with Crippen molar-refractivity contribution in [3.8, 4) is 28.4 Å². The summed E-state index contributed by atoms with van der Waals surface area (Å²) in [5.74, 6) is 2.61. The van der Waals surface area contributed by atoms with Crippen molar-refractivity contribution in [2.45, 2.75) is 19.4 Å². The lowest BCUT2D eigenvalue weighted by molar-refractivity contribution is 0.306. The Bertz CT molecular complexity index is 899. The summed E-state index contributed by atoms with van der Waals surface area (Å²) in [5, 5.41) is 0. The normalized spacial score (nSPS) is 12.1. The molecule has 4 rings (SSSR count). The van der Waals surface area contributed by atoms with Gasteiger partial charge in [-0.1, -0.05) is 36.4 Å². The predicted molar refractivity (Wildman–Crippen MR) is 103 cm³/mol. The first kappa shape index (κ1) is 16.5. The molecule has 0 saturated carbocycles. The Morgan fingerprint density at radius 2 is 1.54 bits per heavy atom. The van der Waals surface area contributed by atoms with Crippen molar-refractivity contribution in [1.82, 2.24) is 0 Å². The Morgan fingerprint density at radius 1 is 0.769 bits per heavy atom. The van der Waals surface area contributed by atoms with Gasteiger partial charge in [0.2, 0.25) is 0 Å². The number of rotatable bonds is 5. The van der Waals surface area contributed by atoms with Crippen LogP contribution in [0.15, 0.2) is 60.7 Å². The van der Waals surface area contributed by atoms with E-state index in [2.05, 4.69) is 30.3 Å². The van der Waals surface area contributed by atoms with Gasteiger partial charge in [0.25, 0.3) is 0 Å². The summed E-state index contributed by atoms with van der Waals surface area (Å²) in [6.45, 7) is 0.580. The molecule has 26 heavy (non-hydrogen) atoms. The van der Waals surface area contributed by atoms with Crippen LogP contribution in [0.4, 0.5) is 0 Å². The lowest BCUT2D eigenvalue weighted by Gasteiger charge is -2.23. The standard InChI is InChI=1S/C23H22O3/c1-24-20-13-18-9-8-17-12-19(26-15-16-6-4-3-5-7-16)10-11-21(17)23(18)22(14-20)25-2/h3-7,10-14H,8-9,15H2,1-2H3. The van der Waals surface area contributed by atoms with Gasteiger partial charge in [-0.25, -0.2) is 0 Å². The van der Waals surface area contributed by atoms with Gasteiger partial charge in [-0.15, -0.1) is 0 Å². The Labute approximate surface area is 154 Å². The summed E-state index contributed by atoms with van der Waals surface area (Å²) in [6.07, 6.45) is 1.96. The number of fused-ring (bicyclic) bond motifs is 3. The maximum Gasteiger partial charge on any atom is 0.130 e. The van der Waals surface area contributed by atoms with E-state index in [1.807, 2.05) is 30.3 Å². The van der Waals surface area contributed by atoms with Crippen molar-refractivity contribution in [1.29, 1.82) is 0 Å². The average molecular weight is 346 g/mol. The zero-order valence-electron chi connectivity index (χ0n) is 15.1. The van der Waals surface area contributed by atoms with Crippen LogP contribution >= 0.6 is 0 Å². The molecule has 3 heteroatoms. The van der Waals surface area contributed by atoms with E-state index in [4.69, 9.17) is 14.2 Å². The summed E-state index contributed by atoms with van der Waals surface area (Å²) in [7, 11) is 3.40. The van der Waals surface area contributed by atoms with Gasteiger partial charge in [0.05, 0.1) is 14.2 Å². The zero-order chi connectivity index (χ0) is 17.9. The second-order valence-electron chi connectivity index (χ2n) is 6.46. The van der Waals surface area contributed by atoms with Gasteiger partial charge in [0, 0.05) is 11.6 Å². The number of hydrogen-bond donors (Lipinski definition) is 0. The molecule has 0 N–H and O–H groups in total. The Morgan fingerprint density at radius 3 is 2.31 bits per heavy atom. The average Bonchev–Trinajstić information content (AvgIpc) is 2.71. The third-order valence-corrected chi connectivity index (χ3v) is 4.87. The Kier molecular flexibility index (Phi) is 4.53. The van der Waals surface area contributed by atoms with Crippen molar-refractivity contribution in [3.63, 3.8) is 0 Å². The molecule has 3 aromatic carbocycles. The predicted octanol–water partition coefficient (Wildman–Crippen LogP) is 5.05. The third-order valence-electron chi connectivity index (χ3n) is 4.87. The number of aryl methyl sites for hydroxylation is 2. The fourth-order valence-electron chi connectivity index (χ4n) is 3.55. The van der Waals surface area contributed by atoms with E-state index in [0.717, 1.165) is 30.1 Å². The quantitative estimate of drug-likeness (QED) is 0.647. The Hall–Kier alpha value is -2.94. The molecule has 0 bridgehead atoms. The molecule has 0 fully saturated rings. The molecule has 0 aromatic heterocycles. The molecule has 0 atom stereocenters. The van der Waals surface area contributed by atoms with Crippen molar-refractivity contribution >= 4 is 0 Å². The molecule has 0 spiro atoms. The van der Waals surface area contributed by atoms with Crippen LogP contribution in [0.2, 0.25) is 0 Å². The molecular weight excluding hydrogens is 324 g/mol. The monoisotopic (exact) mass is 346 g/mol. The van der Waals surface area contributed by atoms with E-state index in [-0.39, 0.29) is 0 Å². The van der Waals surface area contributed by atoms with Gasteiger partial charge in [-0.05, 0) is 53.3 Å². The van der Waals surface area contributed by atoms with Gasteiger partial charge < -0.3 is 14.2 Å². The number of ether oxygens (including phenoxy) is 3. The molecule has 0 heterocycles. The van der Waals surface area contributed by atoms with Crippen LogP contribution in [0.3, 0.4) is 0 Å². The van der Waals surface area contributed by atoms with Crippen LogP contribution in [0.5, 0.6) is 17.2 Å². The van der Waals surface area contributed by atoms with Gasteiger partial charge >= 0.3 is 0 Å². The fraction of sp³-hybridized carbons (Fsp3) is 0.217. The highest BCUT2D eigenvalue weighted by atomic mass is 16.5. The summed E-state index contributed by atoms with van der Waals surface area (Å²) in [6, 6.07) is 20.6. The SMILES string of the molecule is COc1cc2c(c(OC)c1)-c1ccc(OCc3ccccc3)cc1CC2. The van der Waals surface area contributed by atoms with Gasteiger partial charge in [-0.3, -0.25) is 0 Å². The number of hydrogen-bond acceptors (Lipinski definition) is 3. The zero-order valence-corrected chi connectivity index (χ0v) is 15.1. The minimum Gasteiger partial charge on any atom is -0.497 e. The van der Waals surface area contributed by atoms with E-state index in [0.29, 0.717) is 6.61 Å². The maximum atomic E-state index is 5.99. The second kappa shape index (κ2) is 7.12. The Balaban J connectivity index is 1.64. The van der Waals surface area contributed by atoms with E-state index < -0.39 is 0 Å². The van der Waals surface area contributed by atoms with Gasteiger partial charge in [0.15, 0.2) is 0 Å². The smallest absolute Gasteiger partial charge is 0.130 e. The fourth-order valence-corrected chi connectivity index (χ4v) is 3.55. The summed E-state index contributed by atoms with van der Waals surface area (Å²) in [4.78, 5) is 0. The number of methoxy groups -OCH3 is 2. The van der Waals surface area contributed by atoms with Crippen LogP contribution in [0.25, 0.3) is 11.1 Å². The summed E-state index contributed by atoms with van der Waals surface area (Å²) >= 11 is 0. The molecule has 1 aliphatic rings. The van der Waals surface area contributed by atoms with Crippen LogP contribution in [0.1, 0.15) is 16.7 Å². The summed E-state index contributed by atoms with van der Waals surface area (Å²) < 4.78 is 17.0. The van der Waals surface area contributed by atoms with Crippen molar-refractivity contribution < 1.29 is 14.2 Å². The van der Waals surface area contributed by atoms with E-state index in [9.17, 15) is 0 Å². The molecule has 132 valence electrons. The van der Waals surface area contributed by atoms with Crippen molar-refractivity contribution in [3.05, 3.63) is 77.4 Å². The highest BCUT2D eigenvalue weighted by Gasteiger charge is 2.21. The molecule has 1 aliphatic carbocycles. The molecule has 0 aliphatic heterocycles. The maximum absolute atomic E-state index is 5.99. The molecule has 3 nitrogen and oxygen atoms in total. The van der Waals surface area contributed by atoms with Crippen molar-refractivity contribution in [2.75, 3.05) is 14.2 Å². The summed E-state index contributed by atoms with van der Waals surface area (Å²) in [5.41, 5.74) is 6.13. The van der Waals surface area contributed by atoms with Crippen LogP contribution in [-0.2, 0) is 19.4 Å². The first-order chi connectivity index (χ1) is 12.8. The molecule has 0 unspecified atom stereocenters. The van der Waals surface area contributed by atoms with Crippen LogP contribution in [0, 0.1) is 0 Å². The van der Waals surface area contributed by atoms with E-state index >= 15 is 0 Å². The van der Waals surface area contributed by atoms with Gasteiger partial charge in [0.1, 0.15) is 23.9 Å². The third kappa shape index (κ3) is 3.13. The van der Waals surface area contributed by atoms with Crippen molar-refractivity contribution in [2.24, 2.45) is 0 Å². The molecular formula is C23H22O3. The largest absolute Gasteiger partial charge is 0.497 e. The number of benzene rings is 3. The molecule has 3 aromatic rings. The van der Waals surface area contributed by atoms with Gasteiger partial charge in [-0.2, -0.15) is 0 Å². The molecule has 0 amide bonds. The van der Waals surface area contributed by atoms with Crippen LogP contribution in [-0.4, -0.2) is 14.2 Å². The van der Waals surface area contributed by atoms with E-state index in [1.165, 1.54) is 27.8 Å². The lowest BCUT2D eigenvalue weighted by Crippen LogP contribution is -2.07. The van der Waals surface area contributed by atoms with Crippen LogP contribution < -0.4 is 14.2 Å². The van der Waals surface area contributed by atoms with E-state index in [1.54, 1.807) is 14.2 Å². The minimum absolute atomic E-state index is 0.580. The highest BCUT2D eigenvalue weighted by Crippen LogP contribution is 2.43. The first-order valence-electron chi connectivity index (χ1n) is 8.83. The first-order valence-corrected chi connectivity index (χ1v) is 8.83.